The van der Waals surface area contributed by atoms with E-state index in [4.69, 9.17) is 0 Å². The fraction of sp³-hybridized carbons (Fsp3) is 0.217. The predicted molar refractivity (Wildman–Crippen MR) is 125 cm³/mol. The van der Waals surface area contributed by atoms with Crippen LogP contribution in [0, 0.1) is 10.7 Å². The minimum absolute atomic E-state index is 0.153. The van der Waals surface area contributed by atoms with Gasteiger partial charge < -0.3 is 4.74 Å². The molecule has 14 heteroatoms. The summed E-state index contributed by atoms with van der Waals surface area (Å²) in [6, 6.07) is 10.1. The van der Waals surface area contributed by atoms with Gasteiger partial charge in [0.1, 0.15) is 22.5 Å². The van der Waals surface area contributed by atoms with Crippen LogP contribution in [0.4, 0.5) is 17.6 Å². The van der Waals surface area contributed by atoms with Crippen LogP contribution < -0.4 is 9.46 Å². The molecule has 0 saturated heterocycles. The van der Waals surface area contributed by atoms with Crippen molar-refractivity contribution in [1.82, 2.24) is 4.72 Å². The molecule has 0 radical (unpaired) electrons. The van der Waals surface area contributed by atoms with Gasteiger partial charge in [0.15, 0.2) is 0 Å². The lowest BCUT2D eigenvalue weighted by Gasteiger charge is -2.18. The van der Waals surface area contributed by atoms with Gasteiger partial charge >= 0.3 is 6.36 Å². The standard InChI is InChI=1S/C23H20F4N2O6S2/c1-14(29-36(2,31)32)15-7-9-16(10-8-15)22(28-30)18-12-11-17(35-23(25,26)27)13-21(18)37(33,34)20-6-4-3-5-19(20)24/h3-14,22,29H,1-2H3/t14-,22?/m0/s1. The van der Waals surface area contributed by atoms with E-state index in [2.05, 4.69) is 14.6 Å². The van der Waals surface area contributed by atoms with Crippen molar-refractivity contribution in [1.29, 1.82) is 0 Å². The van der Waals surface area contributed by atoms with Crippen LogP contribution in [0.3, 0.4) is 0 Å². The lowest BCUT2D eigenvalue weighted by atomic mass is 9.97. The van der Waals surface area contributed by atoms with Gasteiger partial charge in [0.05, 0.1) is 11.2 Å². The Balaban J connectivity index is 2.14. The number of benzene rings is 3. The van der Waals surface area contributed by atoms with Crippen molar-refractivity contribution in [3.8, 4) is 5.75 Å². The Hall–Kier alpha value is -3.36. The number of sulfonamides is 1. The molecule has 8 nitrogen and oxygen atoms in total. The van der Waals surface area contributed by atoms with Crippen molar-refractivity contribution >= 4 is 19.9 Å². The minimum atomic E-state index is -5.14. The molecule has 0 fully saturated rings. The van der Waals surface area contributed by atoms with E-state index in [1.165, 1.54) is 36.4 Å². The first-order chi connectivity index (χ1) is 17.1. The molecule has 1 N–H and O–H groups in total. The van der Waals surface area contributed by atoms with Gasteiger partial charge in [-0.25, -0.2) is 25.9 Å². The molecule has 37 heavy (non-hydrogen) atoms. The van der Waals surface area contributed by atoms with E-state index in [1.807, 2.05) is 0 Å². The van der Waals surface area contributed by atoms with Gasteiger partial charge in [0.25, 0.3) is 0 Å². The van der Waals surface area contributed by atoms with Crippen LogP contribution in [0.25, 0.3) is 0 Å². The van der Waals surface area contributed by atoms with Crippen molar-refractivity contribution in [3.63, 3.8) is 0 Å². The monoisotopic (exact) mass is 560 g/mol. The first kappa shape index (κ1) is 28.2. The highest BCUT2D eigenvalue weighted by molar-refractivity contribution is 7.91. The lowest BCUT2D eigenvalue weighted by Crippen LogP contribution is -2.25. The van der Waals surface area contributed by atoms with Crippen LogP contribution in [-0.4, -0.2) is 29.5 Å². The van der Waals surface area contributed by atoms with E-state index in [1.54, 1.807) is 6.92 Å². The summed E-state index contributed by atoms with van der Waals surface area (Å²) in [5, 5.41) is 2.97. The Labute approximate surface area is 210 Å². The molecule has 0 saturated carbocycles. The molecule has 3 aromatic rings. The van der Waals surface area contributed by atoms with E-state index in [-0.39, 0.29) is 11.1 Å². The van der Waals surface area contributed by atoms with E-state index in [0.29, 0.717) is 11.6 Å². The van der Waals surface area contributed by atoms with Crippen LogP contribution in [0.1, 0.15) is 35.7 Å². The predicted octanol–water partition coefficient (Wildman–Crippen LogP) is 5.02. The topological polar surface area (TPSA) is 119 Å². The Bertz CT molecular complexity index is 1510. The zero-order valence-corrected chi connectivity index (χ0v) is 20.9. The third kappa shape index (κ3) is 6.90. The van der Waals surface area contributed by atoms with Gasteiger partial charge in [-0.15, -0.1) is 18.1 Å². The van der Waals surface area contributed by atoms with Crippen molar-refractivity contribution in [3.05, 3.63) is 94.1 Å². The van der Waals surface area contributed by atoms with Crippen LogP contribution >= 0.6 is 0 Å². The van der Waals surface area contributed by atoms with Gasteiger partial charge in [-0.1, -0.05) is 47.6 Å². The fourth-order valence-corrected chi connectivity index (χ4v) is 5.96. The molecular formula is C23H20F4N2O6S2. The minimum Gasteiger partial charge on any atom is -0.406 e. The largest absolute Gasteiger partial charge is 0.573 e. The Kier molecular flexibility index (Phi) is 8.05. The molecule has 198 valence electrons. The smallest absolute Gasteiger partial charge is 0.406 e. The number of alkyl halides is 3. The highest BCUT2D eigenvalue weighted by atomic mass is 32.2. The van der Waals surface area contributed by atoms with E-state index in [0.717, 1.165) is 30.5 Å². The summed E-state index contributed by atoms with van der Waals surface area (Å²) in [6.07, 6.45) is -4.16. The highest BCUT2D eigenvalue weighted by Crippen LogP contribution is 2.38. The first-order valence-electron chi connectivity index (χ1n) is 10.4. The van der Waals surface area contributed by atoms with Crippen LogP contribution in [-0.2, 0) is 19.9 Å². The lowest BCUT2D eigenvalue weighted by molar-refractivity contribution is -0.274. The zero-order valence-electron chi connectivity index (χ0n) is 19.2. The number of hydrogen-bond donors (Lipinski definition) is 1. The van der Waals surface area contributed by atoms with E-state index < -0.39 is 59.7 Å². The van der Waals surface area contributed by atoms with Crippen LogP contribution in [0.5, 0.6) is 5.75 Å². The molecule has 0 aromatic heterocycles. The summed E-state index contributed by atoms with van der Waals surface area (Å²) in [4.78, 5) is 10.3. The average molecular weight is 561 g/mol. The molecule has 0 aliphatic carbocycles. The number of nitrogens with one attached hydrogen (secondary N) is 1. The molecule has 0 bridgehead atoms. The number of halogens is 4. The fourth-order valence-electron chi connectivity index (χ4n) is 3.60. The molecule has 0 aliphatic heterocycles. The molecule has 0 amide bonds. The van der Waals surface area contributed by atoms with Gasteiger partial charge in [-0.05, 0) is 42.3 Å². The van der Waals surface area contributed by atoms with Crippen molar-refractivity contribution < 1.29 is 39.1 Å². The maximum atomic E-state index is 14.4. The maximum Gasteiger partial charge on any atom is 0.573 e. The van der Waals surface area contributed by atoms with E-state index >= 15 is 0 Å². The van der Waals surface area contributed by atoms with Crippen molar-refractivity contribution in [2.45, 2.75) is 35.2 Å². The molecule has 2 atom stereocenters. The van der Waals surface area contributed by atoms with Gasteiger partial charge in [0, 0.05) is 11.6 Å². The molecule has 0 spiro atoms. The number of nitroso groups, excluding NO2 is 1. The van der Waals surface area contributed by atoms with Crippen LogP contribution in [0.2, 0.25) is 0 Å². The second kappa shape index (κ2) is 10.6. The Morgan fingerprint density at radius 1 is 0.892 bits per heavy atom. The SMILES string of the molecule is C[C@H](NS(C)(=O)=O)c1ccc(C(N=O)c2ccc(OC(F)(F)F)cc2S(=O)(=O)c2ccccc2F)cc1. The number of nitrogens with zero attached hydrogens (tertiary/aromatic N) is 1. The summed E-state index contributed by atoms with van der Waals surface area (Å²) in [7, 11) is -8.30. The summed E-state index contributed by atoms with van der Waals surface area (Å²) in [6.45, 7) is 1.57. The van der Waals surface area contributed by atoms with Gasteiger partial charge in [-0.2, -0.15) is 0 Å². The number of rotatable bonds is 9. The average Bonchev–Trinajstić information content (AvgIpc) is 2.78. The Morgan fingerprint density at radius 3 is 2.03 bits per heavy atom. The number of ether oxygens (including phenoxy) is 1. The van der Waals surface area contributed by atoms with Crippen molar-refractivity contribution in [2.75, 3.05) is 6.26 Å². The molecule has 0 heterocycles. The highest BCUT2D eigenvalue weighted by Gasteiger charge is 2.34. The molecular weight excluding hydrogens is 540 g/mol. The second-order valence-electron chi connectivity index (χ2n) is 7.97. The molecule has 0 aliphatic rings. The Morgan fingerprint density at radius 2 is 1.49 bits per heavy atom. The number of sulfone groups is 1. The normalized spacial score (nSPS) is 14.1. The maximum absolute atomic E-state index is 14.4. The third-order valence-electron chi connectivity index (χ3n) is 5.18. The molecule has 3 rings (SSSR count). The third-order valence-corrected chi connectivity index (χ3v) is 7.80. The van der Waals surface area contributed by atoms with Crippen molar-refractivity contribution in [2.24, 2.45) is 5.18 Å². The second-order valence-corrected chi connectivity index (χ2v) is 11.6. The summed E-state index contributed by atoms with van der Waals surface area (Å²) in [5.74, 6) is -2.05. The summed E-state index contributed by atoms with van der Waals surface area (Å²) in [5.41, 5.74) is 0.342. The van der Waals surface area contributed by atoms with Gasteiger partial charge in [0.2, 0.25) is 19.9 Å². The quantitative estimate of drug-likeness (QED) is 0.290. The van der Waals surface area contributed by atoms with E-state index in [9.17, 15) is 39.3 Å². The number of hydrogen-bond acceptors (Lipinski definition) is 7. The molecule has 1 unspecified atom stereocenters. The van der Waals surface area contributed by atoms with Gasteiger partial charge in [-0.3, -0.25) is 0 Å². The van der Waals surface area contributed by atoms with Crippen LogP contribution in [0.15, 0.2) is 81.7 Å². The summed E-state index contributed by atoms with van der Waals surface area (Å²) < 4.78 is 109. The molecule has 3 aromatic carbocycles. The summed E-state index contributed by atoms with van der Waals surface area (Å²) >= 11 is 0. The first-order valence-corrected chi connectivity index (χ1v) is 13.8. The zero-order chi connectivity index (χ0) is 27.6.